The van der Waals surface area contributed by atoms with Crippen LogP contribution in [0.25, 0.3) is 11.0 Å². The van der Waals surface area contributed by atoms with E-state index in [1.54, 1.807) is 4.68 Å². The molecule has 2 aromatic carbocycles. The van der Waals surface area contributed by atoms with Gasteiger partial charge >= 0.3 is 0 Å². The Labute approximate surface area is 113 Å². The SMILES string of the molecule is [2H]C(c1ccc(N(C)C)cc1)n1nnc2ccccc21. The fourth-order valence-electron chi connectivity index (χ4n) is 1.98. The van der Waals surface area contributed by atoms with Gasteiger partial charge in [0.15, 0.2) is 0 Å². The molecule has 4 nitrogen and oxygen atoms in total. The van der Waals surface area contributed by atoms with Crippen LogP contribution in [0, 0.1) is 0 Å². The summed E-state index contributed by atoms with van der Waals surface area (Å²) < 4.78 is 10.0. The first kappa shape index (κ1) is 10.6. The van der Waals surface area contributed by atoms with E-state index in [2.05, 4.69) is 10.3 Å². The Morgan fingerprint density at radius 1 is 1.11 bits per heavy atom. The van der Waals surface area contributed by atoms with E-state index in [0.717, 1.165) is 22.3 Å². The van der Waals surface area contributed by atoms with Gasteiger partial charge in [-0.1, -0.05) is 29.5 Å². The van der Waals surface area contributed by atoms with Crippen LogP contribution < -0.4 is 4.90 Å². The molecule has 0 aliphatic carbocycles. The van der Waals surface area contributed by atoms with Crippen LogP contribution >= 0.6 is 0 Å². The Balaban J connectivity index is 1.97. The average molecular weight is 253 g/mol. The molecular formula is C15H16N4. The molecule has 96 valence electrons. The number of hydrogen-bond acceptors (Lipinski definition) is 3. The molecule has 19 heavy (non-hydrogen) atoms. The molecule has 0 fully saturated rings. The van der Waals surface area contributed by atoms with Crippen LogP contribution in [0.15, 0.2) is 48.5 Å². The van der Waals surface area contributed by atoms with E-state index in [-0.39, 0.29) is 0 Å². The summed E-state index contributed by atoms with van der Waals surface area (Å²) in [5.41, 5.74) is 3.70. The summed E-state index contributed by atoms with van der Waals surface area (Å²) in [6, 6.07) is 15.6. The molecule has 4 heteroatoms. The first-order valence-electron chi connectivity index (χ1n) is 6.74. The lowest BCUT2D eigenvalue weighted by atomic mass is 10.2. The highest BCUT2D eigenvalue weighted by Gasteiger charge is 2.04. The van der Waals surface area contributed by atoms with Crippen molar-refractivity contribution in [2.75, 3.05) is 19.0 Å². The second-order valence-electron chi connectivity index (χ2n) is 4.64. The largest absolute Gasteiger partial charge is 0.378 e. The Bertz CT molecular complexity index is 718. The van der Waals surface area contributed by atoms with Crippen LogP contribution in [0.5, 0.6) is 0 Å². The summed E-state index contributed by atoms with van der Waals surface area (Å²) in [4.78, 5) is 2.04. The molecule has 1 atom stereocenters. The summed E-state index contributed by atoms with van der Waals surface area (Å²) >= 11 is 0. The molecule has 1 unspecified atom stereocenters. The number of nitrogens with zero attached hydrogens (tertiary/aromatic N) is 4. The van der Waals surface area contributed by atoms with Crippen molar-refractivity contribution in [3.63, 3.8) is 0 Å². The summed E-state index contributed by atoms with van der Waals surface area (Å²) in [6.45, 7) is -0.585. The molecule has 0 N–H and O–H groups in total. The van der Waals surface area contributed by atoms with E-state index >= 15 is 0 Å². The maximum Gasteiger partial charge on any atom is 0.113 e. The topological polar surface area (TPSA) is 34.0 Å². The molecule has 0 saturated carbocycles. The Kier molecular flexibility index (Phi) is 2.62. The smallest absolute Gasteiger partial charge is 0.113 e. The number of rotatable bonds is 3. The van der Waals surface area contributed by atoms with Gasteiger partial charge in [0.2, 0.25) is 0 Å². The van der Waals surface area contributed by atoms with Crippen molar-refractivity contribution in [2.24, 2.45) is 0 Å². The van der Waals surface area contributed by atoms with Crippen molar-refractivity contribution in [1.29, 1.82) is 0 Å². The predicted molar refractivity (Wildman–Crippen MR) is 77.4 cm³/mol. The Morgan fingerprint density at radius 3 is 2.58 bits per heavy atom. The van der Waals surface area contributed by atoms with Crippen LogP contribution in [-0.2, 0) is 6.52 Å². The molecular weight excluding hydrogens is 236 g/mol. The minimum atomic E-state index is -0.585. The Hall–Kier alpha value is -2.36. The number of benzene rings is 2. The maximum atomic E-state index is 8.38. The van der Waals surface area contributed by atoms with Gasteiger partial charge in [0.1, 0.15) is 5.52 Å². The highest BCUT2D eigenvalue weighted by Crippen LogP contribution is 2.15. The van der Waals surface area contributed by atoms with E-state index < -0.39 is 6.52 Å². The molecule has 0 spiro atoms. The monoisotopic (exact) mass is 253 g/mol. The number of anilines is 1. The maximum absolute atomic E-state index is 8.38. The van der Waals surface area contributed by atoms with Crippen molar-refractivity contribution in [3.8, 4) is 0 Å². The van der Waals surface area contributed by atoms with Gasteiger partial charge in [0.25, 0.3) is 0 Å². The number of para-hydroxylation sites is 1. The molecule has 1 aromatic heterocycles. The van der Waals surface area contributed by atoms with Gasteiger partial charge < -0.3 is 4.90 Å². The van der Waals surface area contributed by atoms with E-state index in [1.807, 2.05) is 67.5 Å². The lowest BCUT2D eigenvalue weighted by Gasteiger charge is -2.12. The fourth-order valence-corrected chi connectivity index (χ4v) is 1.98. The second-order valence-corrected chi connectivity index (χ2v) is 4.64. The zero-order chi connectivity index (χ0) is 14.1. The normalized spacial score (nSPS) is 13.3. The highest BCUT2D eigenvalue weighted by atomic mass is 15.4. The molecule has 0 radical (unpaired) electrons. The fraction of sp³-hybridized carbons (Fsp3) is 0.200. The van der Waals surface area contributed by atoms with Gasteiger partial charge in [0.05, 0.1) is 13.4 Å². The third-order valence-corrected chi connectivity index (χ3v) is 3.06. The van der Waals surface area contributed by atoms with Gasteiger partial charge in [-0.3, -0.25) is 0 Å². The molecule has 0 aliphatic rings. The third kappa shape index (κ3) is 2.29. The van der Waals surface area contributed by atoms with Crippen LogP contribution in [0.3, 0.4) is 0 Å². The zero-order valence-electron chi connectivity index (χ0n) is 12.0. The van der Waals surface area contributed by atoms with Gasteiger partial charge in [-0.15, -0.1) is 5.10 Å². The number of aromatic nitrogens is 3. The summed E-state index contributed by atoms with van der Waals surface area (Å²) in [6.07, 6.45) is 0. The van der Waals surface area contributed by atoms with E-state index in [1.165, 1.54) is 0 Å². The minimum absolute atomic E-state index is 0.585. The van der Waals surface area contributed by atoms with Crippen LogP contribution in [0.4, 0.5) is 5.69 Å². The van der Waals surface area contributed by atoms with E-state index in [9.17, 15) is 0 Å². The minimum Gasteiger partial charge on any atom is -0.378 e. The van der Waals surface area contributed by atoms with Crippen molar-refractivity contribution in [1.82, 2.24) is 15.0 Å². The third-order valence-electron chi connectivity index (χ3n) is 3.06. The van der Waals surface area contributed by atoms with Crippen LogP contribution in [0.2, 0.25) is 0 Å². The van der Waals surface area contributed by atoms with Crippen molar-refractivity contribution < 1.29 is 1.37 Å². The van der Waals surface area contributed by atoms with Crippen molar-refractivity contribution >= 4 is 16.7 Å². The quantitative estimate of drug-likeness (QED) is 0.719. The summed E-state index contributed by atoms with van der Waals surface area (Å²) in [7, 11) is 4.00. The lowest BCUT2D eigenvalue weighted by Crippen LogP contribution is -2.08. The Morgan fingerprint density at radius 2 is 1.84 bits per heavy atom. The first-order valence-corrected chi connectivity index (χ1v) is 6.16. The van der Waals surface area contributed by atoms with Crippen LogP contribution in [-0.4, -0.2) is 29.1 Å². The molecule has 3 rings (SSSR count). The van der Waals surface area contributed by atoms with Gasteiger partial charge in [-0.25, -0.2) is 4.68 Å². The molecule has 0 saturated heterocycles. The molecule has 3 aromatic rings. The lowest BCUT2D eigenvalue weighted by molar-refractivity contribution is 0.670. The number of hydrogen-bond donors (Lipinski definition) is 0. The molecule has 0 bridgehead atoms. The molecule has 0 aliphatic heterocycles. The van der Waals surface area contributed by atoms with Gasteiger partial charge in [-0.2, -0.15) is 0 Å². The summed E-state index contributed by atoms with van der Waals surface area (Å²) in [5, 5.41) is 8.19. The zero-order valence-corrected chi connectivity index (χ0v) is 11.0. The van der Waals surface area contributed by atoms with Crippen molar-refractivity contribution in [3.05, 3.63) is 54.1 Å². The summed E-state index contributed by atoms with van der Waals surface area (Å²) in [5.74, 6) is 0. The first-order chi connectivity index (χ1) is 9.66. The molecule has 1 heterocycles. The van der Waals surface area contributed by atoms with E-state index in [4.69, 9.17) is 1.37 Å². The van der Waals surface area contributed by atoms with Crippen LogP contribution in [0.1, 0.15) is 6.93 Å². The highest BCUT2D eigenvalue weighted by molar-refractivity contribution is 5.73. The predicted octanol–water partition coefficient (Wildman–Crippen LogP) is 2.55. The molecule has 0 amide bonds. The van der Waals surface area contributed by atoms with Gasteiger partial charge in [-0.05, 0) is 29.8 Å². The number of fused-ring (bicyclic) bond motifs is 1. The second kappa shape index (κ2) is 4.72. The average Bonchev–Trinajstić information content (AvgIpc) is 2.90. The standard InChI is InChI=1S/C15H16N4/c1-18(2)13-9-7-12(8-10-13)11-19-15-6-4-3-5-14(15)16-17-19/h3-10H,11H2,1-2H3/i11D. The van der Waals surface area contributed by atoms with Gasteiger partial charge in [0, 0.05) is 19.8 Å². The van der Waals surface area contributed by atoms with E-state index in [0.29, 0.717) is 0 Å². The van der Waals surface area contributed by atoms with Crippen molar-refractivity contribution in [2.45, 2.75) is 6.52 Å².